The number of nitrogens with zero attached hydrogens (tertiary/aromatic N) is 1. The number of hydrogen-bond donors (Lipinski definition) is 1. The lowest BCUT2D eigenvalue weighted by molar-refractivity contribution is -0.137. The molecule has 162 valence electrons. The number of alkyl halides is 3. The molecule has 1 aliphatic heterocycles. The van der Waals surface area contributed by atoms with Crippen LogP contribution in [0, 0.1) is 13.8 Å². The number of carbonyl (C=O) groups excluding carboxylic acids is 2. The van der Waals surface area contributed by atoms with E-state index in [1.807, 2.05) is 32.0 Å². The summed E-state index contributed by atoms with van der Waals surface area (Å²) >= 11 is 0. The minimum Gasteiger partial charge on any atom is -0.350 e. The molecule has 0 unspecified atom stereocenters. The van der Waals surface area contributed by atoms with Crippen LogP contribution in [-0.2, 0) is 15.8 Å². The quantitative estimate of drug-likeness (QED) is 0.533. The third-order valence-corrected chi connectivity index (χ3v) is 5.23. The number of anilines is 2. The molecule has 3 aromatic rings. The van der Waals surface area contributed by atoms with Crippen LogP contribution < -0.4 is 10.2 Å². The number of imide groups is 1. The van der Waals surface area contributed by atoms with Crippen LogP contribution in [0.5, 0.6) is 0 Å². The molecule has 4 nitrogen and oxygen atoms in total. The highest BCUT2D eigenvalue weighted by Gasteiger charge is 2.41. The van der Waals surface area contributed by atoms with Crippen molar-refractivity contribution in [2.45, 2.75) is 20.0 Å². The SMILES string of the molecule is Cc1ccc(C)c(NC2=C(c3ccccc3)C(=O)N(c3cccc(C(F)(F)F)c3)C2=O)c1. The van der Waals surface area contributed by atoms with Crippen molar-refractivity contribution in [1.29, 1.82) is 0 Å². The van der Waals surface area contributed by atoms with Gasteiger partial charge in [0.25, 0.3) is 11.8 Å². The fraction of sp³-hybridized carbons (Fsp3) is 0.120. The highest BCUT2D eigenvalue weighted by Crippen LogP contribution is 2.37. The van der Waals surface area contributed by atoms with Gasteiger partial charge in [0, 0.05) is 5.69 Å². The lowest BCUT2D eigenvalue weighted by Gasteiger charge is -2.17. The summed E-state index contributed by atoms with van der Waals surface area (Å²) < 4.78 is 39.7. The van der Waals surface area contributed by atoms with Crippen LogP contribution in [0.3, 0.4) is 0 Å². The van der Waals surface area contributed by atoms with E-state index in [9.17, 15) is 22.8 Å². The summed E-state index contributed by atoms with van der Waals surface area (Å²) in [6, 6.07) is 18.4. The molecule has 1 aliphatic rings. The minimum atomic E-state index is -4.60. The summed E-state index contributed by atoms with van der Waals surface area (Å²) in [7, 11) is 0. The third kappa shape index (κ3) is 3.89. The average Bonchev–Trinajstić information content (AvgIpc) is 3.00. The van der Waals surface area contributed by atoms with E-state index in [4.69, 9.17) is 0 Å². The zero-order chi connectivity index (χ0) is 23.0. The van der Waals surface area contributed by atoms with Crippen molar-refractivity contribution in [3.8, 4) is 0 Å². The first-order chi connectivity index (χ1) is 15.2. The summed E-state index contributed by atoms with van der Waals surface area (Å²) in [6.45, 7) is 3.75. The molecule has 1 N–H and O–H groups in total. The van der Waals surface area contributed by atoms with E-state index in [-0.39, 0.29) is 17.0 Å². The van der Waals surface area contributed by atoms with Crippen molar-refractivity contribution < 1.29 is 22.8 Å². The number of nitrogens with one attached hydrogen (secondary N) is 1. The minimum absolute atomic E-state index is 0.0207. The second-order valence-corrected chi connectivity index (χ2v) is 7.55. The standard InChI is InChI=1S/C25H19F3N2O2/c1-15-11-12-16(2)20(13-15)29-22-21(17-7-4-3-5-8-17)23(31)30(24(22)32)19-10-6-9-18(14-19)25(26,27)28/h3-14,29H,1-2H3. The van der Waals surface area contributed by atoms with Crippen LogP contribution in [0.25, 0.3) is 5.57 Å². The molecule has 1 heterocycles. The summed E-state index contributed by atoms with van der Waals surface area (Å²) in [5.41, 5.74) is 1.99. The van der Waals surface area contributed by atoms with Crippen LogP contribution in [0.4, 0.5) is 24.5 Å². The Hall–Kier alpha value is -3.87. The van der Waals surface area contributed by atoms with Crippen molar-refractivity contribution in [3.05, 3.63) is 101 Å². The van der Waals surface area contributed by atoms with Crippen molar-refractivity contribution in [2.75, 3.05) is 10.2 Å². The van der Waals surface area contributed by atoms with Gasteiger partial charge in [-0.15, -0.1) is 0 Å². The van der Waals surface area contributed by atoms with Gasteiger partial charge in [-0.05, 0) is 54.8 Å². The van der Waals surface area contributed by atoms with Gasteiger partial charge in [-0.25, -0.2) is 4.90 Å². The van der Waals surface area contributed by atoms with Crippen molar-refractivity contribution in [1.82, 2.24) is 0 Å². The zero-order valence-electron chi connectivity index (χ0n) is 17.3. The van der Waals surface area contributed by atoms with Gasteiger partial charge in [0.1, 0.15) is 5.70 Å². The highest BCUT2D eigenvalue weighted by molar-refractivity contribution is 6.46. The van der Waals surface area contributed by atoms with E-state index in [0.29, 0.717) is 11.3 Å². The van der Waals surface area contributed by atoms with Gasteiger partial charge in [0.15, 0.2) is 0 Å². The van der Waals surface area contributed by atoms with Gasteiger partial charge >= 0.3 is 6.18 Å². The van der Waals surface area contributed by atoms with Crippen molar-refractivity contribution >= 4 is 28.8 Å². The van der Waals surface area contributed by atoms with Crippen LogP contribution in [0.15, 0.2) is 78.5 Å². The first-order valence-electron chi connectivity index (χ1n) is 9.87. The lowest BCUT2D eigenvalue weighted by Crippen LogP contribution is -2.32. The maximum atomic E-state index is 13.4. The molecular formula is C25H19F3N2O2. The highest BCUT2D eigenvalue weighted by atomic mass is 19.4. The van der Waals surface area contributed by atoms with Gasteiger partial charge < -0.3 is 5.32 Å². The Kier molecular flexibility index (Phi) is 5.34. The Bertz CT molecular complexity index is 1250. The molecule has 0 aliphatic carbocycles. The summed E-state index contributed by atoms with van der Waals surface area (Å²) in [5.74, 6) is -1.40. The molecule has 0 saturated carbocycles. The molecule has 3 aromatic carbocycles. The van der Waals surface area contributed by atoms with Gasteiger partial charge in [0.2, 0.25) is 0 Å². The lowest BCUT2D eigenvalue weighted by atomic mass is 10.0. The molecule has 0 spiro atoms. The molecule has 0 saturated heterocycles. The average molecular weight is 436 g/mol. The summed E-state index contributed by atoms with van der Waals surface area (Å²) in [5, 5.41) is 3.07. The number of rotatable bonds is 4. The Morgan fingerprint density at radius 2 is 1.53 bits per heavy atom. The van der Waals surface area contributed by atoms with Crippen molar-refractivity contribution in [2.24, 2.45) is 0 Å². The number of carbonyl (C=O) groups is 2. The van der Waals surface area contributed by atoms with E-state index in [0.717, 1.165) is 28.2 Å². The zero-order valence-corrected chi connectivity index (χ0v) is 17.3. The van der Waals surface area contributed by atoms with Crippen LogP contribution in [0.1, 0.15) is 22.3 Å². The van der Waals surface area contributed by atoms with E-state index in [1.54, 1.807) is 30.3 Å². The molecule has 0 aromatic heterocycles. The van der Waals surface area contributed by atoms with E-state index >= 15 is 0 Å². The molecule has 4 rings (SSSR count). The Morgan fingerprint density at radius 3 is 2.22 bits per heavy atom. The smallest absolute Gasteiger partial charge is 0.350 e. The molecular weight excluding hydrogens is 417 g/mol. The van der Waals surface area contributed by atoms with Crippen LogP contribution in [0.2, 0.25) is 0 Å². The molecule has 0 bridgehead atoms. The van der Waals surface area contributed by atoms with Crippen LogP contribution in [-0.4, -0.2) is 11.8 Å². The fourth-order valence-corrected chi connectivity index (χ4v) is 3.58. The van der Waals surface area contributed by atoms with E-state index in [1.165, 1.54) is 12.1 Å². The second-order valence-electron chi connectivity index (χ2n) is 7.55. The predicted octanol–water partition coefficient (Wildman–Crippen LogP) is 5.72. The largest absolute Gasteiger partial charge is 0.416 e. The summed E-state index contributed by atoms with van der Waals surface area (Å²) in [4.78, 5) is 27.5. The van der Waals surface area contributed by atoms with Gasteiger partial charge in [-0.1, -0.05) is 48.5 Å². The Labute approximate surface area is 183 Å². The summed E-state index contributed by atoms with van der Waals surface area (Å²) in [6.07, 6.45) is -4.60. The van der Waals surface area contributed by atoms with E-state index in [2.05, 4.69) is 5.32 Å². The normalized spacial score (nSPS) is 14.3. The van der Waals surface area contributed by atoms with Gasteiger partial charge in [0.05, 0.1) is 16.8 Å². The predicted molar refractivity (Wildman–Crippen MR) is 117 cm³/mol. The molecule has 2 amide bonds. The maximum absolute atomic E-state index is 13.4. The van der Waals surface area contributed by atoms with Gasteiger partial charge in [-0.2, -0.15) is 13.2 Å². The molecule has 0 atom stereocenters. The number of halogens is 3. The fourth-order valence-electron chi connectivity index (χ4n) is 3.58. The number of hydrogen-bond acceptors (Lipinski definition) is 3. The van der Waals surface area contributed by atoms with Crippen molar-refractivity contribution in [3.63, 3.8) is 0 Å². The number of amides is 2. The molecule has 32 heavy (non-hydrogen) atoms. The third-order valence-electron chi connectivity index (χ3n) is 5.23. The Balaban J connectivity index is 1.83. The Morgan fingerprint density at radius 1 is 0.812 bits per heavy atom. The molecule has 0 fully saturated rings. The maximum Gasteiger partial charge on any atom is 0.416 e. The second kappa shape index (κ2) is 8.00. The molecule has 0 radical (unpaired) electrons. The number of aryl methyl sites for hydroxylation is 2. The topological polar surface area (TPSA) is 49.4 Å². The first kappa shape index (κ1) is 21.4. The van der Waals surface area contributed by atoms with Crippen LogP contribution >= 0.6 is 0 Å². The molecule has 7 heteroatoms. The first-order valence-corrected chi connectivity index (χ1v) is 9.87. The number of benzene rings is 3. The monoisotopic (exact) mass is 436 g/mol. The van der Waals surface area contributed by atoms with E-state index < -0.39 is 23.6 Å². The van der Waals surface area contributed by atoms with Gasteiger partial charge in [-0.3, -0.25) is 9.59 Å².